The third-order valence-electron chi connectivity index (χ3n) is 1.98. The highest BCUT2D eigenvalue weighted by atomic mass is 16.1. The van der Waals surface area contributed by atoms with Gasteiger partial charge in [0.05, 0.1) is 0 Å². The number of H-pyrrole nitrogens is 1. The summed E-state index contributed by atoms with van der Waals surface area (Å²) >= 11 is 0. The number of aromatic amines is 1. The van der Waals surface area contributed by atoms with E-state index in [1.807, 2.05) is 6.07 Å². The predicted octanol–water partition coefficient (Wildman–Crippen LogP) is 1.16. The Morgan fingerprint density at radius 2 is 2.07 bits per heavy atom. The fourth-order valence-corrected chi connectivity index (χ4v) is 1.23. The van der Waals surface area contributed by atoms with Gasteiger partial charge in [-0.3, -0.25) is 4.79 Å². The maximum Gasteiger partial charge on any atom is 0.163 e. The third-order valence-corrected chi connectivity index (χ3v) is 1.98. The van der Waals surface area contributed by atoms with Crippen molar-refractivity contribution in [3.63, 3.8) is 0 Å². The predicted molar refractivity (Wildman–Crippen MR) is 51.9 cm³/mol. The summed E-state index contributed by atoms with van der Waals surface area (Å²) in [7, 11) is 0. The second-order valence-corrected chi connectivity index (χ2v) is 2.89. The fraction of sp³-hybridized carbons (Fsp3) is 0. The summed E-state index contributed by atoms with van der Waals surface area (Å²) in [6.07, 6.45) is 0.762. The molecule has 5 nitrogen and oxygen atoms in total. The topological polar surface area (TPSA) is 82.4 Å². The standard InChI is InChI=1S/C10H6N4O/c11-5-9-10(13-14-12-9)8-3-1-7(6-15)2-4-8/h1-4,6H,(H,12,13,14). The van der Waals surface area contributed by atoms with Gasteiger partial charge in [0.1, 0.15) is 18.0 Å². The molecule has 0 unspecified atom stereocenters. The van der Waals surface area contributed by atoms with Crippen LogP contribution in [0.3, 0.4) is 0 Å². The van der Waals surface area contributed by atoms with Crippen molar-refractivity contribution < 1.29 is 4.79 Å². The molecule has 0 saturated carbocycles. The average Bonchev–Trinajstić information content (AvgIpc) is 2.77. The third kappa shape index (κ3) is 1.60. The van der Waals surface area contributed by atoms with Crippen LogP contribution >= 0.6 is 0 Å². The highest BCUT2D eigenvalue weighted by Crippen LogP contribution is 2.18. The molecule has 1 N–H and O–H groups in total. The molecule has 0 spiro atoms. The Bertz CT molecular complexity index is 521. The van der Waals surface area contributed by atoms with Crippen LogP contribution in [0.25, 0.3) is 11.3 Å². The Morgan fingerprint density at radius 3 is 2.67 bits per heavy atom. The van der Waals surface area contributed by atoms with Gasteiger partial charge in [-0.25, -0.2) is 5.10 Å². The molecule has 1 aromatic carbocycles. The van der Waals surface area contributed by atoms with E-state index in [1.54, 1.807) is 24.3 Å². The maximum atomic E-state index is 10.4. The van der Waals surface area contributed by atoms with Crippen molar-refractivity contribution in [3.8, 4) is 17.3 Å². The van der Waals surface area contributed by atoms with Crippen LogP contribution in [0, 0.1) is 11.3 Å². The zero-order chi connectivity index (χ0) is 10.7. The van der Waals surface area contributed by atoms with Gasteiger partial charge in [0.15, 0.2) is 5.69 Å². The van der Waals surface area contributed by atoms with Crippen LogP contribution in [0.15, 0.2) is 24.3 Å². The van der Waals surface area contributed by atoms with Gasteiger partial charge in [-0.2, -0.15) is 5.26 Å². The van der Waals surface area contributed by atoms with Gasteiger partial charge >= 0.3 is 0 Å². The van der Waals surface area contributed by atoms with Gasteiger partial charge in [0.2, 0.25) is 0 Å². The molecule has 0 fully saturated rings. The molecule has 1 aromatic heterocycles. The normalized spacial score (nSPS) is 9.53. The highest BCUT2D eigenvalue weighted by Gasteiger charge is 2.08. The van der Waals surface area contributed by atoms with Crippen molar-refractivity contribution >= 4 is 6.29 Å². The van der Waals surface area contributed by atoms with Crippen molar-refractivity contribution in [3.05, 3.63) is 35.5 Å². The maximum absolute atomic E-state index is 10.4. The van der Waals surface area contributed by atoms with Gasteiger partial charge in [0.25, 0.3) is 0 Å². The molecule has 15 heavy (non-hydrogen) atoms. The van der Waals surface area contributed by atoms with Crippen LogP contribution < -0.4 is 0 Å². The Morgan fingerprint density at radius 1 is 1.33 bits per heavy atom. The van der Waals surface area contributed by atoms with Crippen LogP contribution in [-0.4, -0.2) is 21.7 Å². The molecule has 0 aliphatic rings. The number of carbonyl (C=O) groups is 1. The molecule has 0 aliphatic heterocycles. The Labute approximate surface area is 85.4 Å². The number of rotatable bonds is 2. The summed E-state index contributed by atoms with van der Waals surface area (Å²) < 4.78 is 0. The van der Waals surface area contributed by atoms with Gasteiger partial charge in [-0.1, -0.05) is 29.5 Å². The quantitative estimate of drug-likeness (QED) is 0.734. The number of nitrogens with one attached hydrogen (secondary N) is 1. The van der Waals surface area contributed by atoms with Crippen LogP contribution in [0.1, 0.15) is 16.1 Å². The first-order valence-electron chi connectivity index (χ1n) is 4.22. The van der Waals surface area contributed by atoms with E-state index in [9.17, 15) is 4.79 Å². The fourth-order valence-electron chi connectivity index (χ4n) is 1.23. The first-order chi connectivity index (χ1) is 7.35. The summed E-state index contributed by atoms with van der Waals surface area (Å²) in [4.78, 5) is 10.4. The van der Waals surface area contributed by atoms with E-state index in [4.69, 9.17) is 5.26 Å². The molecule has 0 amide bonds. The second-order valence-electron chi connectivity index (χ2n) is 2.89. The van der Waals surface area contributed by atoms with Crippen LogP contribution in [0.5, 0.6) is 0 Å². The number of benzene rings is 1. The first kappa shape index (κ1) is 9.09. The largest absolute Gasteiger partial charge is 0.298 e. The number of hydrogen-bond donors (Lipinski definition) is 1. The zero-order valence-electron chi connectivity index (χ0n) is 7.64. The number of aldehydes is 1. The Hall–Kier alpha value is -2.48. The summed E-state index contributed by atoms with van der Waals surface area (Å²) in [6, 6.07) is 8.73. The van der Waals surface area contributed by atoms with Crippen molar-refractivity contribution in [1.29, 1.82) is 5.26 Å². The molecule has 0 saturated heterocycles. The molecule has 1 heterocycles. The van der Waals surface area contributed by atoms with E-state index in [0.29, 0.717) is 17.0 Å². The van der Waals surface area contributed by atoms with Gasteiger partial charge in [0, 0.05) is 11.1 Å². The number of nitrogens with zero attached hydrogens (tertiary/aromatic N) is 3. The van der Waals surface area contributed by atoms with Crippen molar-refractivity contribution in [2.75, 3.05) is 0 Å². The summed E-state index contributed by atoms with van der Waals surface area (Å²) in [5, 5.41) is 18.6. The highest BCUT2D eigenvalue weighted by molar-refractivity contribution is 5.76. The van der Waals surface area contributed by atoms with E-state index in [-0.39, 0.29) is 0 Å². The van der Waals surface area contributed by atoms with E-state index in [2.05, 4.69) is 15.4 Å². The Balaban J connectivity index is 2.46. The zero-order valence-corrected chi connectivity index (χ0v) is 7.64. The number of nitriles is 1. The molecule has 0 aliphatic carbocycles. The average molecular weight is 198 g/mol. The SMILES string of the molecule is N#Cc1[nH]nnc1-c1ccc(C=O)cc1. The number of aromatic nitrogens is 3. The molecular weight excluding hydrogens is 192 g/mol. The minimum absolute atomic E-state index is 0.314. The van der Waals surface area contributed by atoms with Crippen molar-refractivity contribution in [2.24, 2.45) is 0 Å². The summed E-state index contributed by atoms with van der Waals surface area (Å²) in [5.74, 6) is 0. The van der Waals surface area contributed by atoms with Crippen molar-refractivity contribution in [1.82, 2.24) is 15.4 Å². The lowest BCUT2D eigenvalue weighted by Crippen LogP contribution is -1.84. The lowest BCUT2D eigenvalue weighted by atomic mass is 10.1. The monoisotopic (exact) mass is 198 g/mol. The lowest BCUT2D eigenvalue weighted by Gasteiger charge is -1.96. The minimum Gasteiger partial charge on any atom is -0.298 e. The lowest BCUT2D eigenvalue weighted by molar-refractivity contribution is 0.112. The molecule has 0 atom stereocenters. The van der Waals surface area contributed by atoms with Gasteiger partial charge in [-0.05, 0) is 0 Å². The second kappa shape index (κ2) is 3.72. The van der Waals surface area contributed by atoms with Crippen LogP contribution in [0.2, 0.25) is 0 Å². The van der Waals surface area contributed by atoms with E-state index in [0.717, 1.165) is 11.8 Å². The molecular formula is C10H6N4O. The van der Waals surface area contributed by atoms with Gasteiger partial charge < -0.3 is 0 Å². The summed E-state index contributed by atoms with van der Waals surface area (Å²) in [5.41, 5.74) is 2.15. The number of carbonyl (C=O) groups excluding carboxylic acids is 1. The minimum atomic E-state index is 0.314. The van der Waals surface area contributed by atoms with E-state index < -0.39 is 0 Å². The first-order valence-corrected chi connectivity index (χ1v) is 4.22. The van der Waals surface area contributed by atoms with Crippen LogP contribution in [0.4, 0.5) is 0 Å². The smallest absolute Gasteiger partial charge is 0.163 e. The number of hydrogen-bond acceptors (Lipinski definition) is 4. The van der Waals surface area contributed by atoms with Gasteiger partial charge in [-0.15, -0.1) is 5.10 Å². The molecule has 5 heteroatoms. The molecule has 0 bridgehead atoms. The molecule has 2 aromatic rings. The molecule has 0 radical (unpaired) electrons. The van der Waals surface area contributed by atoms with E-state index in [1.165, 1.54) is 0 Å². The molecule has 72 valence electrons. The summed E-state index contributed by atoms with van der Waals surface area (Å²) in [6.45, 7) is 0. The van der Waals surface area contributed by atoms with Crippen molar-refractivity contribution in [2.45, 2.75) is 0 Å². The van der Waals surface area contributed by atoms with E-state index >= 15 is 0 Å². The molecule has 2 rings (SSSR count). The Kier molecular flexibility index (Phi) is 2.25. The van der Waals surface area contributed by atoms with Crippen LogP contribution in [-0.2, 0) is 0 Å².